The molecule has 1 atom stereocenters. The molecule has 0 spiro atoms. The van der Waals surface area contributed by atoms with Crippen molar-refractivity contribution < 1.29 is 19.5 Å². The van der Waals surface area contributed by atoms with Gasteiger partial charge in [-0.2, -0.15) is 0 Å². The molecule has 3 N–H and O–H groups in total. The molecule has 1 aromatic heterocycles. The smallest absolute Gasteiger partial charge is 0.305 e. The van der Waals surface area contributed by atoms with Gasteiger partial charge in [-0.1, -0.05) is 6.92 Å². The fourth-order valence-electron chi connectivity index (χ4n) is 1.86. The van der Waals surface area contributed by atoms with Gasteiger partial charge in [0.1, 0.15) is 0 Å². The number of carboxylic acids is 1. The van der Waals surface area contributed by atoms with E-state index in [-0.39, 0.29) is 30.2 Å². The summed E-state index contributed by atoms with van der Waals surface area (Å²) in [6.07, 6.45) is 2.31. The molecular weight excluding hydrogens is 292 g/mol. The van der Waals surface area contributed by atoms with Crippen LogP contribution in [0.15, 0.2) is 12.1 Å². The van der Waals surface area contributed by atoms with Crippen LogP contribution in [0.1, 0.15) is 42.3 Å². The highest BCUT2D eigenvalue weighted by atomic mass is 32.1. The Balaban J connectivity index is 1.91. The van der Waals surface area contributed by atoms with Gasteiger partial charge in [0.05, 0.1) is 16.3 Å². The lowest BCUT2D eigenvalue weighted by molar-refractivity contribution is -0.137. The van der Waals surface area contributed by atoms with Crippen LogP contribution in [0, 0.1) is 5.92 Å². The summed E-state index contributed by atoms with van der Waals surface area (Å²) < 4.78 is 0. The first-order valence-corrected chi connectivity index (χ1v) is 7.74. The van der Waals surface area contributed by atoms with Crippen molar-refractivity contribution in [3.05, 3.63) is 17.0 Å². The topological polar surface area (TPSA) is 95.5 Å². The average Bonchev–Trinajstić information content (AvgIpc) is 3.18. The van der Waals surface area contributed by atoms with Crippen molar-refractivity contribution in [2.75, 3.05) is 5.32 Å². The van der Waals surface area contributed by atoms with E-state index < -0.39 is 5.97 Å². The van der Waals surface area contributed by atoms with Gasteiger partial charge in [-0.25, -0.2) is 0 Å². The molecule has 1 saturated carbocycles. The zero-order valence-electron chi connectivity index (χ0n) is 11.7. The molecule has 1 fully saturated rings. The Morgan fingerprint density at radius 2 is 2.10 bits per heavy atom. The molecule has 0 saturated heterocycles. The SMILES string of the molecule is CCC(CC(=O)O)NC(=O)c1ccc(NC(=O)C2CC2)s1. The highest BCUT2D eigenvalue weighted by Crippen LogP contribution is 2.31. The van der Waals surface area contributed by atoms with E-state index in [4.69, 9.17) is 5.11 Å². The Morgan fingerprint density at radius 3 is 2.67 bits per heavy atom. The van der Waals surface area contributed by atoms with E-state index in [1.165, 1.54) is 11.3 Å². The van der Waals surface area contributed by atoms with Crippen molar-refractivity contribution in [3.63, 3.8) is 0 Å². The first-order valence-electron chi connectivity index (χ1n) is 6.93. The van der Waals surface area contributed by atoms with Crippen molar-refractivity contribution in [1.29, 1.82) is 0 Å². The Bertz CT molecular complexity index is 551. The first kappa shape index (κ1) is 15.5. The van der Waals surface area contributed by atoms with Gasteiger partial charge in [0, 0.05) is 12.0 Å². The van der Waals surface area contributed by atoms with Crippen LogP contribution >= 0.6 is 11.3 Å². The van der Waals surface area contributed by atoms with Crippen molar-refractivity contribution in [2.24, 2.45) is 5.92 Å². The van der Waals surface area contributed by atoms with E-state index in [2.05, 4.69) is 10.6 Å². The number of carboxylic acid groups (broad SMARTS) is 1. The molecule has 114 valence electrons. The molecule has 0 aliphatic heterocycles. The minimum Gasteiger partial charge on any atom is -0.481 e. The Morgan fingerprint density at radius 1 is 1.38 bits per heavy atom. The van der Waals surface area contributed by atoms with E-state index >= 15 is 0 Å². The molecule has 2 rings (SSSR count). The van der Waals surface area contributed by atoms with Crippen LogP contribution in [0.25, 0.3) is 0 Å². The molecule has 2 amide bonds. The minimum atomic E-state index is -0.939. The van der Waals surface area contributed by atoms with E-state index in [1.807, 2.05) is 6.92 Å². The third-order valence-corrected chi connectivity index (χ3v) is 4.27. The largest absolute Gasteiger partial charge is 0.481 e. The lowest BCUT2D eigenvalue weighted by Gasteiger charge is -2.13. The fraction of sp³-hybridized carbons (Fsp3) is 0.500. The Labute approximate surface area is 126 Å². The van der Waals surface area contributed by atoms with E-state index in [9.17, 15) is 14.4 Å². The Kier molecular flexibility index (Phi) is 4.95. The number of carbonyl (C=O) groups is 3. The third-order valence-electron chi connectivity index (χ3n) is 3.27. The van der Waals surface area contributed by atoms with Crippen LogP contribution in [0.2, 0.25) is 0 Å². The van der Waals surface area contributed by atoms with Crippen molar-refractivity contribution in [3.8, 4) is 0 Å². The van der Waals surface area contributed by atoms with E-state index in [0.29, 0.717) is 16.3 Å². The molecule has 0 bridgehead atoms. The van der Waals surface area contributed by atoms with Crippen LogP contribution in [-0.2, 0) is 9.59 Å². The minimum absolute atomic E-state index is 0.00104. The summed E-state index contributed by atoms with van der Waals surface area (Å²) in [5.41, 5.74) is 0. The lowest BCUT2D eigenvalue weighted by atomic mass is 10.1. The summed E-state index contributed by atoms with van der Waals surface area (Å²) in [6, 6.07) is 2.94. The summed E-state index contributed by atoms with van der Waals surface area (Å²) in [6.45, 7) is 1.82. The van der Waals surface area contributed by atoms with Crippen LogP contribution in [-0.4, -0.2) is 28.9 Å². The third kappa shape index (κ3) is 4.56. The second kappa shape index (κ2) is 6.71. The number of carbonyl (C=O) groups excluding carboxylic acids is 2. The molecule has 21 heavy (non-hydrogen) atoms. The number of aliphatic carboxylic acids is 1. The highest BCUT2D eigenvalue weighted by molar-refractivity contribution is 7.18. The van der Waals surface area contributed by atoms with Gasteiger partial charge in [-0.15, -0.1) is 11.3 Å². The quantitative estimate of drug-likeness (QED) is 0.718. The molecule has 0 radical (unpaired) electrons. The average molecular weight is 310 g/mol. The normalized spacial score (nSPS) is 15.3. The van der Waals surface area contributed by atoms with Crippen molar-refractivity contribution >= 4 is 34.1 Å². The van der Waals surface area contributed by atoms with Crippen molar-refractivity contribution in [2.45, 2.75) is 38.6 Å². The molecule has 1 aliphatic carbocycles. The standard InChI is InChI=1S/C14H18N2O4S/c1-2-9(7-12(17)18)15-14(20)10-5-6-11(21-10)16-13(19)8-3-4-8/h5-6,8-9H,2-4,7H2,1H3,(H,15,20)(H,16,19)(H,17,18). The van der Waals surface area contributed by atoms with E-state index in [0.717, 1.165) is 12.8 Å². The number of thiophene rings is 1. The Hall–Kier alpha value is -1.89. The lowest BCUT2D eigenvalue weighted by Crippen LogP contribution is -2.35. The summed E-state index contributed by atoms with van der Waals surface area (Å²) in [5.74, 6) is -1.13. The van der Waals surface area contributed by atoms with Gasteiger partial charge in [0.2, 0.25) is 5.91 Å². The maximum Gasteiger partial charge on any atom is 0.305 e. The maximum absolute atomic E-state index is 12.0. The number of amides is 2. The maximum atomic E-state index is 12.0. The van der Waals surface area contributed by atoms with Crippen LogP contribution < -0.4 is 10.6 Å². The summed E-state index contributed by atoms with van der Waals surface area (Å²) in [4.78, 5) is 34.8. The molecular formula is C14H18N2O4S. The number of nitrogens with one attached hydrogen (secondary N) is 2. The van der Waals surface area contributed by atoms with E-state index in [1.54, 1.807) is 12.1 Å². The molecule has 0 aromatic carbocycles. The van der Waals surface area contributed by atoms with Crippen molar-refractivity contribution in [1.82, 2.24) is 5.32 Å². The second-order valence-electron chi connectivity index (χ2n) is 5.10. The summed E-state index contributed by atoms with van der Waals surface area (Å²) in [5, 5.41) is 14.9. The van der Waals surface area contributed by atoms with Crippen LogP contribution in [0.3, 0.4) is 0 Å². The molecule has 1 aromatic rings. The van der Waals surface area contributed by atoms with Gasteiger partial charge < -0.3 is 15.7 Å². The monoisotopic (exact) mass is 310 g/mol. The second-order valence-corrected chi connectivity index (χ2v) is 6.19. The highest BCUT2D eigenvalue weighted by Gasteiger charge is 2.30. The molecule has 1 unspecified atom stereocenters. The van der Waals surface area contributed by atoms with Gasteiger partial charge in [0.15, 0.2) is 0 Å². The summed E-state index contributed by atoms with van der Waals surface area (Å²) in [7, 11) is 0. The van der Waals surface area contributed by atoms with Gasteiger partial charge >= 0.3 is 5.97 Å². The van der Waals surface area contributed by atoms with Gasteiger partial charge in [-0.05, 0) is 31.4 Å². The number of rotatable bonds is 7. The van der Waals surface area contributed by atoms with Gasteiger partial charge in [0.25, 0.3) is 5.91 Å². The van der Waals surface area contributed by atoms with Crippen LogP contribution in [0.5, 0.6) is 0 Å². The first-order chi connectivity index (χ1) is 9.99. The zero-order chi connectivity index (χ0) is 15.4. The predicted molar refractivity (Wildman–Crippen MR) is 79.5 cm³/mol. The number of hydrogen-bond donors (Lipinski definition) is 3. The molecule has 1 aliphatic rings. The summed E-state index contributed by atoms with van der Waals surface area (Å²) >= 11 is 1.19. The molecule has 7 heteroatoms. The van der Waals surface area contributed by atoms with Gasteiger partial charge in [-0.3, -0.25) is 14.4 Å². The number of anilines is 1. The zero-order valence-corrected chi connectivity index (χ0v) is 12.5. The molecule has 6 nitrogen and oxygen atoms in total. The number of hydrogen-bond acceptors (Lipinski definition) is 4. The molecule has 1 heterocycles. The van der Waals surface area contributed by atoms with Crippen LogP contribution in [0.4, 0.5) is 5.00 Å². The fourth-order valence-corrected chi connectivity index (χ4v) is 2.67. The predicted octanol–water partition coefficient (Wildman–Crippen LogP) is 2.08.